The van der Waals surface area contributed by atoms with Crippen molar-refractivity contribution in [2.24, 2.45) is 0 Å². The number of hydrogen-bond donors (Lipinski definition) is 1. The number of benzene rings is 1. The van der Waals surface area contributed by atoms with Crippen LogP contribution in [0.5, 0.6) is 0 Å². The molecule has 0 aliphatic carbocycles. The number of rotatable bonds is 7. The van der Waals surface area contributed by atoms with Gasteiger partial charge in [-0.2, -0.15) is 5.10 Å². The smallest absolute Gasteiger partial charge is 0.255 e. The largest absolute Gasteiger partial charge is 0.468 e. The number of hydrogen-bond acceptors (Lipinski definition) is 4. The van der Waals surface area contributed by atoms with Crippen LogP contribution in [0, 0.1) is 13.8 Å². The van der Waals surface area contributed by atoms with Crippen molar-refractivity contribution < 1.29 is 9.21 Å². The van der Waals surface area contributed by atoms with E-state index in [4.69, 9.17) is 4.42 Å². The van der Waals surface area contributed by atoms with Crippen molar-refractivity contribution in [1.82, 2.24) is 20.0 Å². The second-order valence-corrected chi connectivity index (χ2v) is 6.89. The van der Waals surface area contributed by atoms with E-state index in [0.717, 1.165) is 22.7 Å². The molecule has 27 heavy (non-hydrogen) atoms. The van der Waals surface area contributed by atoms with Crippen LogP contribution >= 0.6 is 0 Å². The fraction of sp³-hybridized carbons (Fsp3) is 0.333. The number of carbonyl (C=O) groups is 1. The first-order chi connectivity index (χ1) is 13.0. The van der Waals surface area contributed by atoms with E-state index in [9.17, 15) is 4.79 Å². The molecule has 6 heteroatoms. The fourth-order valence-electron chi connectivity index (χ4n) is 3.23. The molecule has 0 bridgehead atoms. The van der Waals surface area contributed by atoms with Gasteiger partial charge in [0, 0.05) is 12.2 Å². The Morgan fingerprint density at radius 2 is 1.93 bits per heavy atom. The van der Waals surface area contributed by atoms with Crippen molar-refractivity contribution in [1.29, 1.82) is 0 Å². The quantitative estimate of drug-likeness (QED) is 0.698. The number of furan rings is 1. The molecule has 1 N–H and O–H groups in total. The van der Waals surface area contributed by atoms with E-state index < -0.39 is 0 Å². The van der Waals surface area contributed by atoms with E-state index in [-0.39, 0.29) is 11.9 Å². The van der Waals surface area contributed by atoms with Crippen LogP contribution in [0.2, 0.25) is 0 Å². The Balaban J connectivity index is 1.73. The van der Waals surface area contributed by atoms with E-state index in [2.05, 4.69) is 22.5 Å². The van der Waals surface area contributed by atoms with Crippen molar-refractivity contribution >= 4 is 5.91 Å². The van der Waals surface area contributed by atoms with Gasteiger partial charge in [-0.3, -0.25) is 14.4 Å². The topological polar surface area (TPSA) is 63.3 Å². The van der Waals surface area contributed by atoms with Crippen LogP contribution in [0.4, 0.5) is 0 Å². The van der Waals surface area contributed by atoms with Gasteiger partial charge in [0.05, 0.1) is 30.1 Å². The lowest BCUT2D eigenvalue weighted by molar-refractivity contribution is 0.0937. The molecule has 1 aromatic carbocycles. The van der Waals surface area contributed by atoms with Crippen LogP contribution in [0.25, 0.3) is 0 Å². The van der Waals surface area contributed by atoms with Crippen molar-refractivity contribution in [3.63, 3.8) is 0 Å². The molecule has 2 heterocycles. The molecular weight excluding hydrogens is 340 g/mol. The highest BCUT2D eigenvalue weighted by Gasteiger charge is 2.22. The SMILES string of the molecule is Cc1nn(Cc2ccccc2)c(C)c1C(=O)NCC(c1ccco1)N(C)C. The molecule has 0 spiro atoms. The summed E-state index contributed by atoms with van der Waals surface area (Å²) >= 11 is 0. The molecule has 0 radical (unpaired) electrons. The highest BCUT2D eigenvalue weighted by atomic mass is 16.3. The van der Waals surface area contributed by atoms with Crippen LogP contribution in [-0.4, -0.2) is 41.2 Å². The Kier molecular flexibility index (Phi) is 5.76. The summed E-state index contributed by atoms with van der Waals surface area (Å²) in [5.74, 6) is 0.719. The normalized spacial score (nSPS) is 12.3. The summed E-state index contributed by atoms with van der Waals surface area (Å²) < 4.78 is 7.39. The summed E-state index contributed by atoms with van der Waals surface area (Å²) in [6.45, 7) is 4.92. The molecule has 3 rings (SSSR count). The molecule has 142 valence electrons. The van der Waals surface area contributed by atoms with Gasteiger partial charge in [0.1, 0.15) is 5.76 Å². The lowest BCUT2D eigenvalue weighted by Crippen LogP contribution is -2.34. The summed E-state index contributed by atoms with van der Waals surface area (Å²) in [6.07, 6.45) is 1.65. The molecule has 1 amide bonds. The van der Waals surface area contributed by atoms with Gasteiger partial charge in [-0.1, -0.05) is 30.3 Å². The average molecular weight is 366 g/mol. The van der Waals surface area contributed by atoms with Gasteiger partial charge in [0.2, 0.25) is 0 Å². The third kappa shape index (κ3) is 4.28. The molecule has 1 atom stereocenters. The van der Waals surface area contributed by atoms with Gasteiger partial charge in [0.15, 0.2) is 0 Å². The molecular formula is C21H26N4O2. The zero-order valence-corrected chi connectivity index (χ0v) is 16.3. The first-order valence-electron chi connectivity index (χ1n) is 9.03. The lowest BCUT2D eigenvalue weighted by atomic mass is 10.1. The van der Waals surface area contributed by atoms with E-state index in [1.807, 2.05) is 67.9 Å². The van der Waals surface area contributed by atoms with Crippen LogP contribution in [0.3, 0.4) is 0 Å². The average Bonchev–Trinajstić information content (AvgIpc) is 3.25. The highest BCUT2D eigenvalue weighted by Crippen LogP contribution is 2.19. The van der Waals surface area contributed by atoms with Gasteiger partial charge in [0.25, 0.3) is 5.91 Å². The van der Waals surface area contributed by atoms with Crippen LogP contribution in [-0.2, 0) is 6.54 Å². The van der Waals surface area contributed by atoms with Crippen LogP contribution < -0.4 is 5.32 Å². The summed E-state index contributed by atoms with van der Waals surface area (Å²) in [7, 11) is 3.93. The molecule has 3 aromatic rings. The van der Waals surface area contributed by atoms with Gasteiger partial charge >= 0.3 is 0 Å². The second-order valence-electron chi connectivity index (χ2n) is 6.89. The lowest BCUT2D eigenvalue weighted by Gasteiger charge is -2.22. The Morgan fingerprint density at radius 3 is 2.56 bits per heavy atom. The van der Waals surface area contributed by atoms with E-state index in [0.29, 0.717) is 18.7 Å². The maximum absolute atomic E-state index is 12.8. The number of nitrogens with one attached hydrogen (secondary N) is 1. The molecule has 2 aromatic heterocycles. The van der Waals surface area contributed by atoms with E-state index in [1.54, 1.807) is 6.26 Å². The molecule has 0 saturated heterocycles. The van der Waals surface area contributed by atoms with E-state index >= 15 is 0 Å². The van der Waals surface area contributed by atoms with Gasteiger partial charge in [-0.05, 0) is 45.6 Å². The highest BCUT2D eigenvalue weighted by molar-refractivity contribution is 5.96. The summed E-state index contributed by atoms with van der Waals surface area (Å²) in [5.41, 5.74) is 3.40. The number of amides is 1. The Labute approximate surface area is 159 Å². The van der Waals surface area contributed by atoms with Crippen molar-refractivity contribution in [2.45, 2.75) is 26.4 Å². The molecule has 0 aliphatic rings. The molecule has 6 nitrogen and oxygen atoms in total. The van der Waals surface area contributed by atoms with Crippen molar-refractivity contribution in [2.75, 3.05) is 20.6 Å². The monoisotopic (exact) mass is 366 g/mol. The minimum atomic E-state index is -0.109. The number of likely N-dealkylation sites (N-methyl/N-ethyl adjacent to an activating group) is 1. The fourth-order valence-corrected chi connectivity index (χ4v) is 3.23. The predicted octanol–water partition coefficient (Wildman–Crippen LogP) is 3.17. The first-order valence-corrected chi connectivity index (χ1v) is 9.03. The third-order valence-corrected chi connectivity index (χ3v) is 4.73. The number of aryl methyl sites for hydroxylation is 1. The Bertz CT molecular complexity index is 883. The first kappa shape index (κ1) is 18.9. The molecule has 0 aliphatic heterocycles. The Hall–Kier alpha value is -2.86. The van der Waals surface area contributed by atoms with Crippen LogP contribution in [0.1, 0.15) is 39.1 Å². The molecule has 1 unspecified atom stereocenters. The zero-order chi connectivity index (χ0) is 19.4. The van der Waals surface area contributed by atoms with E-state index in [1.165, 1.54) is 0 Å². The maximum Gasteiger partial charge on any atom is 0.255 e. The van der Waals surface area contributed by atoms with Crippen LogP contribution in [0.15, 0.2) is 53.1 Å². The standard InChI is InChI=1S/C21H26N4O2/c1-15-20(16(2)25(23-15)14-17-9-6-5-7-10-17)21(26)22-13-18(24(3)4)19-11-8-12-27-19/h5-12,18H,13-14H2,1-4H3,(H,22,26). The number of carbonyl (C=O) groups excluding carboxylic acids is 1. The summed E-state index contributed by atoms with van der Waals surface area (Å²) in [6, 6.07) is 13.9. The van der Waals surface area contributed by atoms with Gasteiger partial charge in [-0.15, -0.1) is 0 Å². The number of nitrogens with zero attached hydrogens (tertiary/aromatic N) is 3. The second kappa shape index (κ2) is 8.22. The van der Waals surface area contributed by atoms with Gasteiger partial charge in [-0.25, -0.2) is 0 Å². The molecule has 0 fully saturated rings. The minimum absolute atomic E-state index is 0.0241. The summed E-state index contributed by atoms with van der Waals surface area (Å²) in [5, 5.41) is 7.60. The number of aromatic nitrogens is 2. The minimum Gasteiger partial charge on any atom is -0.468 e. The molecule has 0 saturated carbocycles. The Morgan fingerprint density at radius 1 is 1.19 bits per heavy atom. The van der Waals surface area contributed by atoms with Crippen molar-refractivity contribution in [3.8, 4) is 0 Å². The van der Waals surface area contributed by atoms with Gasteiger partial charge < -0.3 is 9.73 Å². The third-order valence-electron chi connectivity index (χ3n) is 4.73. The van der Waals surface area contributed by atoms with Crippen molar-refractivity contribution in [3.05, 3.63) is 77.0 Å². The predicted molar refractivity (Wildman–Crippen MR) is 105 cm³/mol. The maximum atomic E-state index is 12.8. The zero-order valence-electron chi connectivity index (χ0n) is 16.3. The summed E-state index contributed by atoms with van der Waals surface area (Å²) in [4.78, 5) is 14.9.